The molecule has 0 aliphatic carbocycles. The molecule has 20 heavy (non-hydrogen) atoms. The highest BCUT2D eigenvalue weighted by Crippen LogP contribution is 2.19. The fourth-order valence-corrected chi connectivity index (χ4v) is 1.52. The van der Waals surface area contributed by atoms with Gasteiger partial charge in [-0.3, -0.25) is 9.59 Å². The quantitative estimate of drug-likeness (QED) is 0.900. The molecule has 0 bridgehead atoms. The Labute approximate surface area is 112 Å². The van der Waals surface area contributed by atoms with Crippen molar-refractivity contribution in [3.8, 4) is 0 Å². The van der Waals surface area contributed by atoms with E-state index in [-0.39, 0.29) is 16.2 Å². The van der Waals surface area contributed by atoms with Gasteiger partial charge in [-0.25, -0.2) is 0 Å². The second-order valence-electron chi connectivity index (χ2n) is 4.15. The van der Waals surface area contributed by atoms with Gasteiger partial charge in [0.15, 0.2) is 0 Å². The van der Waals surface area contributed by atoms with Gasteiger partial charge in [-0.15, -0.1) is 0 Å². The van der Waals surface area contributed by atoms with Gasteiger partial charge in [0.05, 0.1) is 17.0 Å². The van der Waals surface area contributed by atoms with Crippen LogP contribution < -0.4 is 0 Å². The molecule has 1 N–H and O–H groups in total. The summed E-state index contributed by atoms with van der Waals surface area (Å²) >= 11 is 0. The number of rotatable bonds is 4. The van der Waals surface area contributed by atoms with E-state index in [2.05, 4.69) is 10.2 Å². The molecular weight excluding hydrogens is 279 g/mol. The number of halogens is 3. The Balaban J connectivity index is 3.09. The van der Waals surface area contributed by atoms with Crippen LogP contribution in [0.25, 0.3) is 0 Å². The van der Waals surface area contributed by atoms with Crippen LogP contribution in [0.5, 0.6) is 0 Å². The van der Waals surface area contributed by atoms with E-state index in [1.54, 1.807) is 0 Å². The SMILES string of the molecule is Cc1cc(C(=O)N(CC(=O)O)CC(F)(F)F)c(C)nn1. The minimum atomic E-state index is -4.69. The van der Waals surface area contributed by atoms with Crippen molar-refractivity contribution in [2.45, 2.75) is 20.0 Å². The summed E-state index contributed by atoms with van der Waals surface area (Å²) in [5.41, 5.74) is 0.391. The van der Waals surface area contributed by atoms with Gasteiger partial charge in [0.25, 0.3) is 5.91 Å². The highest BCUT2D eigenvalue weighted by atomic mass is 19.4. The van der Waals surface area contributed by atoms with Gasteiger partial charge >= 0.3 is 12.1 Å². The Bertz CT molecular complexity index is 531. The van der Waals surface area contributed by atoms with E-state index in [1.165, 1.54) is 19.9 Å². The zero-order valence-electron chi connectivity index (χ0n) is 10.7. The number of carboxylic acid groups (broad SMARTS) is 1. The number of hydrogen-bond donors (Lipinski definition) is 1. The van der Waals surface area contributed by atoms with Crippen LogP contribution in [0.15, 0.2) is 6.07 Å². The summed E-state index contributed by atoms with van der Waals surface area (Å²) in [5.74, 6) is -2.57. The summed E-state index contributed by atoms with van der Waals surface area (Å²) in [4.78, 5) is 22.8. The summed E-state index contributed by atoms with van der Waals surface area (Å²) < 4.78 is 37.2. The number of amides is 1. The molecule has 1 rings (SSSR count). The summed E-state index contributed by atoms with van der Waals surface area (Å²) in [6, 6.07) is 1.27. The largest absolute Gasteiger partial charge is 0.480 e. The predicted octanol–water partition coefficient (Wildman–Crippen LogP) is 1.18. The lowest BCUT2D eigenvalue weighted by atomic mass is 10.1. The molecule has 1 aromatic rings. The van der Waals surface area contributed by atoms with Gasteiger partial charge in [0.2, 0.25) is 0 Å². The van der Waals surface area contributed by atoms with Crippen molar-refractivity contribution < 1.29 is 27.9 Å². The van der Waals surface area contributed by atoms with Gasteiger partial charge in [-0.05, 0) is 19.9 Å². The Morgan fingerprint density at radius 1 is 1.30 bits per heavy atom. The second kappa shape index (κ2) is 5.85. The fourth-order valence-electron chi connectivity index (χ4n) is 1.52. The van der Waals surface area contributed by atoms with Crippen LogP contribution in [0.3, 0.4) is 0 Å². The first-order valence-electron chi connectivity index (χ1n) is 5.49. The molecule has 0 radical (unpaired) electrons. The van der Waals surface area contributed by atoms with Crippen molar-refractivity contribution in [2.75, 3.05) is 13.1 Å². The lowest BCUT2D eigenvalue weighted by molar-refractivity contribution is -0.149. The van der Waals surface area contributed by atoms with Crippen LogP contribution >= 0.6 is 0 Å². The van der Waals surface area contributed by atoms with Gasteiger partial charge in [0.1, 0.15) is 13.1 Å². The molecule has 110 valence electrons. The number of aliphatic carboxylic acids is 1. The maximum Gasteiger partial charge on any atom is 0.406 e. The molecule has 0 spiro atoms. The lowest BCUT2D eigenvalue weighted by Crippen LogP contribution is -2.42. The summed E-state index contributed by atoms with van der Waals surface area (Å²) in [6.45, 7) is 0.249. The monoisotopic (exact) mass is 291 g/mol. The van der Waals surface area contributed by atoms with Gasteiger partial charge < -0.3 is 10.0 Å². The van der Waals surface area contributed by atoms with E-state index in [0.717, 1.165) is 0 Å². The van der Waals surface area contributed by atoms with Crippen LogP contribution in [0.2, 0.25) is 0 Å². The first-order chi connectivity index (χ1) is 9.10. The number of carbonyl (C=O) groups is 2. The maximum atomic E-state index is 12.4. The molecule has 0 aliphatic rings. The minimum absolute atomic E-state index is 0.0944. The van der Waals surface area contributed by atoms with Crippen LogP contribution in [0.1, 0.15) is 21.7 Å². The molecule has 0 saturated carbocycles. The van der Waals surface area contributed by atoms with E-state index in [4.69, 9.17) is 5.11 Å². The highest BCUT2D eigenvalue weighted by molar-refractivity contribution is 5.96. The third kappa shape index (κ3) is 4.48. The average Bonchev–Trinajstić information content (AvgIpc) is 2.28. The Hall–Kier alpha value is -2.19. The molecule has 0 unspecified atom stereocenters. The molecule has 9 heteroatoms. The van der Waals surface area contributed by atoms with E-state index < -0.39 is 31.1 Å². The first kappa shape index (κ1) is 15.9. The van der Waals surface area contributed by atoms with Crippen LogP contribution in [0.4, 0.5) is 13.2 Å². The van der Waals surface area contributed by atoms with Gasteiger partial charge in [-0.2, -0.15) is 23.4 Å². The number of carbonyl (C=O) groups excluding carboxylic acids is 1. The summed E-state index contributed by atoms with van der Waals surface area (Å²) in [7, 11) is 0. The number of aromatic nitrogens is 2. The molecule has 6 nitrogen and oxygen atoms in total. The van der Waals surface area contributed by atoms with Crippen molar-refractivity contribution in [3.05, 3.63) is 23.0 Å². The average molecular weight is 291 g/mol. The number of alkyl halides is 3. The van der Waals surface area contributed by atoms with E-state index in [9.17, 15) is 22.8 Å². The second-order valence-corrected chi connectivity index (χ2v) is 4.15. The maximum absolute atomic E-state index is 12.4. The van der Waals surface area contributed by atoms with Crippen LogP contribution in [-0.4, -0.2) is 51.3 Å². The number of nitrogens with zero attached hydrogens (tertiary/aromatic N) is 3. The van der Waals surface area contributed by atoms with E-state index in [0.29, 0.717) is 5.69 Å². The zero-order chi connectivity index (χ0) is 15.5. The molecule has 0 fully saturated rings. The van der Waals surface area contributed by atoms with Crippen molar-refractivity contribution in [2.24, 2.45) is 0 Å². The van der Waals surface area contributed by atoms with E-state index in [1.807, 2.05) is 0 Å². The van der Waals surface area contributed by atoms with Gasteiger partial charge in [0, 0.05) is 0 Å². The molecule has 0 saturated heterocycles. The molecule has 1 amide bonds. The lowest BCUT2D eigenvalue weighted by Gasteiger charge is -2.22. The standard InChI is InChI=1S/C11H12F3N3O3/c1-6-3-8(7(2)16-15-6)10(20)17(4-9(18)19)5-11(12,13)14/h3H,4-5H2,1-2H3,(H,18,19). The molecule has 0 aromatic carbocycles. The smallest absolute Gasteiger partial charge is 0.406 e. The fraction of sp³-hybridized carbons (Fsp3) is 0.455. The summed E-state index contributed by atoms with van der Waals surface area (Å²) in [6.07, 6.45) is -4.69. The van der Waals surface area contributed by atoms with Crippen LogP contribution in [-0.2, 0) is 4.79 Å². The van der Waals surface area contributed by atoms with Gasteiger partial charge in [-0.1, -0.05) is 0 Å². The van der Waals surface area contributed by atoms with Crippen molar-refractivity contribution in [1.82, 2.24) is 15.1 Å². The number of carboxylic acids is 1. The topological polar surface area (TPSA) is 83.4 Å². The third-order valence-electron chi connectivity index (χ3n) is 2.31. The molecule has 0 aliphatic heterocycles. The Kier molecular flexibility index (Phi) is 4.64. The molecule has 0 atom stereocenters. The van der Waals surface area contributed by atoms with Crippen molar-refractivity contribution >= 4 is 11.9 Å². The third-order valence-corrected chi connectivity index (χ3v) is 2.31. The molecule has 1 heterocycles. The minimum Gasteiger partial charge on any atom is -0.480 e. The number of hydrogen-bond acceptors (Lipinski definition) is 4. The Morgan fingerprint density at radius 3 is 2.40 bits per heavy atom. The highest BCUT2D eigenvalue weighted by Gasteiger charge is 2.34. The summed E-state index contributed by atoms with van der Waals surface area (Å²) in [5, 5.41) is 15.9. The number of aryl methyl sites for hydroxylation is 2. The normalized spacial score (nSPS) is 11.2. The van der Waals surface area contributed by atoms with Crippen LogP contribution in [0, 0.1) is 13.8 Å². The Morgan fingerprint density at radius 2 is 1.90 bits per heavy atom. The van der Waals surface area contributed by atoms with Crippen molar-refractivity contribution in [3.63, 3.8) is 0 Å². The molecular formula is C11H12F3N3O3. The zero-order valence-corrected chi connectivity index (χ0v) is 10.7. The van der Waals surface area contributed by atoms with Crippen molar-refractivity contribution in [1.29, 1.82) is 0 Å². The molecule has 1 aromatic heterocycles. The predicted molar refractivity (Wildman–Crippen MR) is 61.1 cm³/mol. The first-order valence-corrected chi connectivity index (χ1v) is 5.49. The van der Waals surface area contributed by atoms with E-state index >= 15 is 0 Å².